The van der Waals surface area contributed by atoms with Gasteiger partial charge in [-0.25, -0.2) is 0 Å². The molecular formula is C19H45N3O2. The standard InChI is InChI=1S/C9H21NO.C7H15N.C2H7N.CH2O/c1-5-9(2,11)7-6-8-10(3)4;1-8-6-4-2-3-5-7-8;1-2-3;1-2/h11H,5-8H2,1-4H3;2-7H2,1H3;2-3H2,1H3;1H2. The van der Waals surface area contributed by atoms with Gasteiger partial charge in [0.1, 0.15) is 6.79 Å². The fraction of sp³-hybridized carbons (Fsp3) is 0.947. The Bertz CT molecular complexity index is 229. The van der Waals surface area contributed by atoms with Gasteiger partial charge in [-0.05, 0) is 86.3 Å². The van der Waals surface area contributed by atoms with E-state index in [1.807, 2.05) is 27.6 Å². The van der Waals surface area contributed by atoms with E-state index in [9.17, 15) is 5.11 Å². The molecule has 1 fully saturated rings. The van der Waals surface area contributed by atoms with E-state index in [-0.39, 0.29) is 0 Å². The van der Waals surface area contributed by atoms with Crippen LogP contribution >= 0.6 is 0 Å². The first-order chi connectivity index (χ1) is 11.3. The molecule has 0 amide bonds. The fourth-order valence-corrected chi connectivity index (χ4v) is 2.18. The molecule has 3 N–H and O–H groups in total. The highest BCUT2D eigenvalue weighted by molar-refractivity contribution is 5.10. The Kier molecular flexibility index (Phi) is 24.3. The Morgan fingerprint density at radius 2 is 1.54 bits per heavy atom. The van der Waals surface area contributed by atoms with Gasteiger partial charge in [0, 0.05) is 0 Å². The largest absolute Gasteiger partial charge is 0.390 e. The lowest BCUT2D eigenvalue weighted by molar-refractivity contribution is -0.0980. The summed E-state index contributed by atoms with van der Waals surface area (Å²) in [6.45, 7) is 12.3. The maximum absolute atomic E-state index is 9.62. The maximum atomic E-state index is 9.62. The van der Waals surface area contributed by atoms with Crippen LogP contribution in [0.4, 0.5) is 0 Å². The topological polar surface area (TPSA) is 69.8 Å². The van der Waals surface area contributed by atoms with Gasteiger partial charge in [-0.2, -0.15) is 0 Å². The van der Waals surface area contributed by atoms with Crippen molar-refractivity contribution in [1.82, 2.24) is 9.80 Å². The highest BCUT2D eigenvalue weighted by Gasteiger charge is 2.16. The van der Waals surface area contributed by atoms with Crippen molar-refractivity contribution in [1.29, 1.82) is 0 Å². The van der Waals surface area contributed by atoms with Gasteiger partial charge < -0.3 is 25.4 Å². The molecule has 0 aromatic heterocycles. The molecule has 24 heavy (non-hydrogen) atoms. The van der Waals surface area contributed by atoms with Crippen molar-refractivity contribution in [2.75, 3.05) is 47.3 Å². The Hall–Kier alpha value is -0.490. The van der Waals surface area contributed by atoms with Crippen molar-refractivity contribution in [3.05, 3.63) is 0 Å². The van der Waals surface area contributed by atoms with E-state index in [1.165, 1.54) is 38.8 Å². The van der Waals surface area contributed by atoms with Crippen LogP contribution in [0, 0.1) is 0 Å². The van der Waals surface area contributed by atoms with Gasteiger partial charge in [-0.15, -0.1) is 0 Å². The van der Waals surface area contributed by atoms with Gasteiger partial charge in [0.15, 0.2) is 0 Å². The van der Waals surface area contributed by atoms with Gasteiger partial charge >= 0.3 is 0 Å². The minimum atomic E-state index is -0.448. The lowest BCUT2D eigenvalue weighted by Crippen LogP contribution is -2.24. The van der Waals surface area contributed by atoms with E-state index in [0.717, 1.165) is 32.4 Å². The van der Waals surface area contributed by atoms with Crippen molar-refractivity contribution in [3.63, 3.8) is 0 Å². The Morgan fingerprint density at radius 3 is 1.88 bits per heavy atom. The van der Waals surface area contributed by atoms with E-state index in [1.54, 1.807) is 0 Å². The average Bonchev–Trinajstić information content (AvgIpc) is 2.78. The van der Waals surface area contributed by atoms with E-state index in [4.69, 9.17) is 10.5 Å². The maximum Gasteiger partial charge on any atom is 0.106 e. The zero-order chi connectivity index (χ0) is 19.4. The molecule has 0 aromatic rings. The van der Waals surface area contributed by atoms with Crippen LogP contribution in [-0.4, -0.2) is 74.6 Å². The summed E-state index contributed by atoms with van der Waals surface area (Å²) in [6, 6.07) is 0. The zero-order valence-electron chi connectivity index (χ0n) is 17.3. The second kappa shape index (κ2) is 20.6. The summed E-state index contributed by atoms with van der Waals surface area (Å²) in [5, 5.41) is 9.62. The molecule has 1 rings (SSSR count). The van der Waals surface area contributed by atoms with Gasteiger partial charge in [0.2, 0.25) is 0 Å². The number of hydrogen-bond donors (Lipinski definition) is 2. The molecule has 1 atom stereocenters. The molecular weight excluding hydrogens is 302 g/mol. The minimum Gasteiger partial charge on any atom is -0.390 e. The number of hydrogen-bond acceptors (Lipinski definition) is 5. The molecule has 1 aliphatic rings. The molecule has 0 radical (unpaired) electrons. The second-order valence-electron chi connectivity index (χ2n) is 6.88. The molecule has 1 heterocycles. The third-order valence-electron chi connectivity index (χ3n) is 3.91. The normalized spacial score (nSPS) is 17.0. The molecule has 1 unspecified atom stereocenters. The predicted molar refractivity (Wildman–Crippen MR) is 107 cm³/mol. The van der Waals surface area contributed by atoms with Crippen molar-refractivity contribution in [3.8, 4) is 0 Å². The SMILES string of the molecule is C=O.CCC(C)(O)CCCN(C)C.CCN.CN1CCCCCC1. The van der Waals surface area contributed by atoms with Crippen LogP contribution in [0.25, 0.3) is 0 Å². The number of aliphatic hydroxyl groups is 1. The number of carbonyl (C=O) groups is 1. The molecule has 1 saturated heterocycles. The third-order valence-corrected chi connectivity index (χ3v) is 3.91. The number of nitrogens with zero attached hydrogens (tertiary/aromatic N) is 2. The Labute approximate surface area is 151 Å². The van der Waals surface area contributed by atoms with Gasteiger partial charge in [-0.1, -0.05) is 26.7 Å². The molecule has 0 bridgehead atoms. The Morgan fingerprint density at radius 1 is 1.12 bits per heavy atom. The lowest BCUT2D eigenvalue weighted by Gasteiger charge is -2.21. The quantitative estimate of drug-likeness (QED) is 0.800. The summed E-state index contributed by atoms with van der Waals surface area (Å²) < 4.78 is 0. The van der Waals surface area contributed by atoms with Gasteiger partial charge in [-0.3, -0.25) is 0 Å². The zero-order valence-corrected chi connectivity index (χ0v) is 17.3. The van der Waals surface area contributed by atoms with Gasteiger partial charge in [0.25, 0.3) is 0 Å². The van der Waals surface area contributed by atoms with Crippen molar-refractivity contribution in [2.24, 2.45) is 5.73 Å². The third kappa shape index (κ3) is 26.4. The number of carbonyl (C=O) groups excluding carboxylic acids is 1. The van der Waals surface area contributed by atoms with E-state index in [0.29, 0.717) is 0 Å². The summed E-state index contributed by atoms with van der Waals surface area (Å²) in [7, 11) is 6.33. The monoisotopic (exact) mass is 347 g/mol. The smallest absolute Gasteiger partial charge is 0.106 e. The van der Waals surface area contributed by atoms with Crippen LogP contribution in [-0.2, 0) is 4.79 Å². The lowest BCUT2D eigenvalue weighted by atomic mass is 9.97. The molecule has 0 spiro atoms. The molecule has 0 aromatic carbocycles. The first-order valence-corrected chi connectivity index (χ1v) is 9.33. The summed E-state index contributed by atoms with van der Waals surface area (Å²) >= 11 is 0. The summed E-state index contributed by atoms with van der Waals surface area (Å²) in [6.07, 6.45) is 8.55. The molecule has 0 aliphatic carbocycles. The van der Waals surface area contributed by atoms with E-state index < -0.39 is 5.60 Å². The van der Waals surface area contributed by atoms with Crippen LogP contribution in [0.15, 0.2) is 0 Å². The van der Waals surface area contributed by atoms with Crippen molar-refractivity contribution in [2.45, 2.75) is 71.3 Å². The number of nitrogens with two attached hydrogens (primary N) is 1. The molecule has 1 aliphatic heterocycles. The summed E-state index contributed by atoms with van der Waals surface area (Å²) in [4.78, 5) is 12.6. The van der Waals surface area contributed by atoms with Crippen molar-refractivity contribution >= 4 is 6.79 Å². The first-order valence-electron chi connectivity index (χ1n) is 9.33. The first kappa shape index (κ1) is 28.3. The van der Waals surface area contributed by atoms with E-state index >= 15 is 0 Å². The molecule has 5 nitrogen and oxygen atoms in total. The van der Waals surface area contributed by atoms with Gasteiger partial charge in [0.05, 0.1) is 5.60 Å². The van der Waals surface area contributed by atoms with E-state index in [2.05, 4.69) is 30.9 Å². The summed E-state index contributed by atoms with van der Waals surface area (Å²) in [5.74, 6) is 0. The van der Waals surface area contributed by atoms with Crippen LogP contribution in [0.2, 0.25) is 0 Å². The summed E-state index contributed by atoms with van der Waals surface area (Å²) in [5.41, 5.74) is 4.40. The highest BCUT2D eigenvalue weighted by atomic mass is 16.3. The fourth-order valence-electron chi connectivity index (χ4n) is 2.18. The van der Waals surface area contributed by atoms with Crippen LogP contribution < -0.4 is 5.73 Å². The predicted octanol–water partition coefficient (Wildman–Crippen LogP) is 2.76. The molecule has 0 saturated carbocycles. The van der Waals surface area contributed by atoms with Crippen LogP contribution in [0.5, 0.6) is 0 Å². The molecule has 148 valence electrons. The van der Waals surface area contributed by atoms with Crippen molar-refractivity contribution < 1.29 is 9.90 Å². The number of likely N-dealkylation sites (tertiary alicyclic amines) is 1. The average molecular weight is 348 g/mol. The Balaban J connectivity index is -0.000000296. The van der Waals surface area contributed by atoms with Crippen LogP contribution in [0.3, 0.4) is 0 Å². The minimum absolute atomic E-state index is 0.448. The second-order valence-corrected chi connectivity index (χ2v) is 6.88. The van der Waals surface area contributed by atoms with Crippen LogP contribution in [0.1, 0.15) is 65.7 Å². The molecule has 5 heteroatoms. The number of rotatable bonds is 5. The highest BCUT2D eigenvalue weighted by Crippen LogP contribution is 2.15.